The molecular formula is C63H66N6O3. The van der Waals surface area contributed by atoms with E-state index in [1.807, 2.05) is 69.7 Å². The van der Waals surface area contributed by atoms with Crippen LogP contribution < -0.4 is 14.7 Å². The molecule has 72 heavy (non-hydrogen) atoms. The van der Waals surface area contributed by atoms with Gasteiger partial charge in [0.1, 0.15) is 0 Å². The molecule has 1 aliphatic rings. The van der Waals surface area contributed by atoms with E-state index in [1.165, 1.54) is 0 Å². The smallest absolute Gasteiger partial charge is 0.230 e. The summed E-state index contributed by atoms with van der Waals surface area (Å²) in [6.07, 6.45) is 6.33. The maximum atomic E-state index is 15.7. The molecule has 3 amide bonds. The summed E-state index contributed by atoms with van der Waals surface area (Å²) in [7, 11) is 0. The van der Waals surface area contributed by atoms with Crippen LogP contribution in [0.2, 0.25) is 0 Å². The Morgan fingerprint density at radius 1 is 0.389 bits per heavy atom. The third-order valence-electron chi connectivity index (χ3n) is 14.1. The van der Waals surface area contributed by atoms with E-state index < -0.39 is 17.8 Å². The molecule has 0 N–H and O–H groups in total. The van der Waals surface area contributed by atoms with E-state index in [0.717, 1.165) is 65.0 Å². The molecule has 9 nitrogen and oxygen atoms in total. The molecule has 1 fully saturated rings. The Labute approximate surface area is 423 Å². The Morgan fingerprint density at radius 2 is 0.639 bits per heavy atom. The lowest BCUT2D eigenvalue weighted by Gasteiger charge is -2.41. The fourth-order valence-electron chi connectivity index (χ4n) is 10.9. The number of anilines is 3. The zero-order valence-electron chi connectivity index (χ0n) is 43.2. The summed E-state index contributed by atoms with van der Waals surface area (Å²) in [5.41, 5.74) is 3.85. The molecule has 10 rings (SSSR count). The van der Waals surface area contributed by atoms with Crippen molar-refractivity contribution >= 4 is 99.8 Å². The zero-order chi connectivity index (χ0) is 50.7. The van der Waals surface area contributed by atoms with Crippen molar-refractivity contribution in [3.8, 4) is 0 Å². The third kappa shape index (κ3) is 9.99. The van der Waals surface area contributed by atoms with Crippen LogP contribution in [0.25, 0.3) is 65.0 Å². The largest absolute Gasteiger partial charge is 0.310 e. The van der Waals surface area contributed by atoms with Crippen LogP contribution in [0.5, 0.6) is 0 Å². The topological polar surface area (TPSA) is 99.6 Å². The van der Waals surface area contributed by atoms with E-state index in [9.17, 15) is 0 Å². The van der Waals surface area contributed by atoms with Crippen LogP contribution in [0.3, 0.4) is 0 Å². The van der Waals surface area contributed by atoms with Crippen molar-refractivity contribution < 1.29 is 14.4 Å². The lowest BCUT2D eigenvalue weighted by molar-refractivity contribution is -0.132. The van der Waals surface area contributed by atoms with Gasteiger partial charge in [-0.25, -0.2) is 0 Å². The highest BCUT2D eigenvalue weighted by molar-refractivity contribution is 6.10. The maximum Gasteiger partial charge on any atom is 0.230 e. The average molecular weight is 955 g/mol. The number of hydrogen-bond donors (Lipinski definition) is 0. The minimum atomic E-state index is -0.647. The van der Waals surface area contributed by atoms with Crippen molar-refractivity contribution in [2.24, 2.45) is 34.0 Å². The van der Waals surface area contributed by atoms with Gasteiger partial charge in [0.05, 0.1) is 52.2 Å². The monoisotopic (exact) mass is 955 g/mol. The van der Waals surface area contributed by atoms with Crippen molar-refractivity contribution in [3.63, 3.8) is 0 Å². The summed E-state index contributed by atoms with van der Waals surface area (Å²) in [6, 6.07) is 43.3. The SMILES string of the molecule is CC(C)(C)CN(C(=O)C1CC(C(=O)N(CC(C)(C)C)c2cnc3c(ccc4ccccc43)c2)CC(C(=O)N(CC(C)(C)C)c2cnc3c(ccc4ccccc43)c2)C1)c1cnc2c(ccc3ccccc32)c1. The standard InChI is InChI=1S/C63H66N6O3/c1-61(2,3)37-67(49-31-43-25-22-40-16-10-13-19-52(40)55(43)64-34-49)58(70)46-28-47(59(71)68(38-62(4,5)6)50-32-44-26-23-41-17-11-14-20-53(41)56(44)65-35-50)30-48(29-46)60(72)69(39-63(7,8)9)51-33-45-27-24-42-18-12-15-21-54(42)57(45)66-36-51/h10-27,31-36,46-48H,28-30,37-39H2,1-9H3. The van der Waals surface area contributed by atoms with E-state index >= 15 is 14.4 Å². The summed E-state index contributed by atoms with van der Waals surface area (Å²) in [6.45, 7) is 20.4. The Hall–Kier alpha value is -7.26. The molecule has 1 aliphatic carbocycles. The van der Waals surface area contributed by atoms with Gasteiger partial charge in [-0.3, -0.25) is 29.3 Å². The van der Waals surface area contributed by atoms with Crippen molar-refractivity contribution in [2.45, 2.75) is 81.6 Å². The van der Waals surface area contributed by atoms with Crippen molar-refractivity contribution in [1.29, 1.82) is 0 Å². The molecule has 9 aromatic rings. The van der Waals surface area contributed by atoms with Crippen molar-refractivity contribution in [3.05, 3.63) is 146 Å². The Bertz CT molecular complexity index is 3190. The van der Waals surface area contributed by atoms with E-state index in [-0.39, 0.29) is 34.0 Å². The number of pyridine rings is 3. The summed E-state index contributed by atoms with van der Waals surface area (Å²) in [5, 5.41) is 9.27. The van der Waals surface area contributed by atoms with Crippen LogP contribution in [0, 0.1) is 34.0 Å². The van der Waals surface area contributed by atoms with Gasteiger partial charge < -0.3 is 14.7 Å². The van der Waals surface area contributed by atoms with Crippen molar-refractivity contribution in [1.82, 2.24) is 15.0 Å². The van der Waals surface area contributed by atoms with E-state index in [4.69, 9.17) is 15.0 Å². The summed E-state index contributed by atoms with van der Waals surface area (Å²) >= 11 is 0. The number of carbonyl (C=O) groups is 3. The molecular weight excluding hydrogens is 889 g/mol. The average Bonchev–Trinajstić information content (AvgIpc) is 3.36. The van der Waals surface area contributed by atoms with Gasteiger partial charge >= 0.3 is 0 Å². The Morgan fingerprint density at radius 3 is 0.903 bits per heavy atom. The highest BCUT2D eigenvalue weighted by Gasteiger charge is 2.44. The normalized spacial score (nSPS) is 16.7. The first-order chi connectivity index (χ1) is 34.3. The first-order valence-electron chi connectivity index (χ1n) is 25.5. The van der Waals surface area contributed by atoms with E-state index in [1.54, 1.807) is 0 Å². The van der Waals surface area contributed by atoms with Crippen LogP contribution >= 0.6 is 0 Å². The molecule has 0 bridgehead atoms. The first-order valence-corrected chi connectivity index (χ1v) is 25.5. The first kappa shape index (κ1) is 48.4. The minimum Gasteiger partial charge on any atom is -0.310 e. The Balaban J connectivity index is 1.06. The number of aromatic nitrogens is 3. The molecule has 6 aromatic carbocycles. The number of fused-ring (bicyclic) bond motifs is 9. The molecule has 9 heteroatoms. The highest BCUT2D eigenvalue weighted by atomic mass is 16.2. The summed E-state index contributed by atoms with van der Waals surface area (Å²) in [4.78, 5) is 67.8. The fraction of sp³-hybridized carbons (Fsp3) is 0.333. The van der Waals surface area contributed by atoms with Gasteiger partial charge in [0.15, 0.2) is 0 Å². The quantitative estimate of drug-likeness (QED) is 0.134. The van der Waals surface area contributed by atoms with Gasteiger partial charge in [-0.15, -0.1) is 0 Å². The lowest BCUT2D eigenvalue weighted by Crippen LogP contribution is -2.50. The Kier molecular flexibility index (Phi) is 12.6. The highest BCUT2D eigenvalue weighted by Crippen LogP contribution is 2.42. The molecule has 0 saturated heterocycles. The molecule has 0 radical (unpaired) electrons. The molecule has 0 unspecified atom stereocenters. The predicted molar refractivity (Wildman–Crippen MR) is 297 cm³/mol. The van der Waals surface area contributed by atoms with Gasteiger partial charge in [0, 0.05) is 69.7 Å². The fourth-order valence-corrected chi connectivity index (χ4v) is 10.9. The van der Waals surface area contributed by atoms with Gasteiger partial charge in [-0.05, 0) is 69.9 Å². The molecule has 0 atom stereocenters. The second-order valence-corrected chi connectivity index (χ2v) is 23.9. The zero-order valence-corrected chi connectivity index (χ0v) is 43.2. The molecule has 1 saturated carbocycles. The third-order valence-corrected chi connectivity index (χ3v) is 14.1. The van der Waals surface area contributed by atoms with Gasteiger partial charge in [-0.2, -0.15) is 0 Å². The molecule has 0 aliphatic heterocycles. The van der Waals surface area contributed by atoms with E-state index in [2.05, 4.69) is 153 Å². The second-order valence-electron chi connectivity index (χ2n) is 23.9. The van der Waals surface area contributed by atoms with Gasteiger partial charge in [0.25, 0.3) is 0 Å². The molecule has 366 valence electrons. The van der Waals surface area contributed by atoms with E-state index in [0.29, 0.717) is 56.0 Å². The number of carbonyl (C=O) groups excluding carboxylic acids is 3. The van der Waals surface area contributed by atoms with Crippen LogP contribution in [0.15, 0.2) is 146 Å². The lowest BCUT2D eigenvalue weighted by atomic mass is 9.73. The number of nitrogens with zero attached hydrogens (tertiary/aromatic N) is 6. The van der Waals surface area contributed by atoms with Crippen LogP contribution in [0.1, 0.15) is 81.6 Å². The van der Waals surface area contributed by atoms with Crippen LogP contribution in [-0.2, 0) is 14.4 Å². The number of rotatable bonds is 9. The second kappa shape index (κ2) is 18.7. The van der Waals surface area contributed by atoms with Crippen LogP contribution in [0.4, 0.5) is 17.1 Å². The number of benzene rings is 6. The number of hydrogen-bond acceptors (Lipinski definition) is 6. The maximum absolute atomic E-state index is 15.7. The van der Waals surface area contributed by atoms with Gasteiger partial charge in [0.2, 0.25) is 17.7 Å². The molecule has 3 heterocycles. The molecule has 0 spiro atoms. The van der Waals surface area contributed by atoms with Crippen molar-refractivity contribution in [2.75, 3.05) is 34.3 Å². The van der Waals surface area contributed by atoms with Crippen LogP contribution in [-0.4, -0.2) is 52.3 Å². The summed E-state index contributed by atoms with van der Waals surface area (Å²) < 4.78 is 0. The van der Waals surface area contributed by atoms with Gasteiger partial charge in [-0.1, -0.05) is 172 Å². The minimum absolute atomic E-state index is 0.106. The summed E-state index contributed by atoms with van der Waals surface area (Å²) in [5.74, 6) is -2.26. The molecule has 3 aromatic heterocycles. The predicted octanol–water partition coefficient (Wildman–Crippen LogP) is 14.4. The number of amides is 3.